The molecular weight excluding hydrogens is 775 g/mol. The zero-order valence-corrected chi connectivity index (χ0v) is 28.0. The van der Waals surface area contributed by atoms with Crippen LogP contribution < -0.4 is 11.1 Å². The number of hydrogen-bond acceptors (Lipinski definition) is 20. The lowest BCUT2D eigenvalue weighted by molar-refractivity contribution is -0.434. The Morgan fingerprint density at radius 1 is 0.804 bits per heavy atom. The van der Waals surface area contributed by atoms with Gasteiger partial charge in [-0.25, -0.2) is 13.7 Å². The minimum Gasteiger partial charge on any atom is -0.506 e. The summed E-state index contributed by atoms with van der Waals surface area (Å²) in [4.78, 5) is 3.87. The maximum Gasteiger partial charge on any atom is 0.313 e. The van der Waals surface area contributed by atoms with Gasteiger partial charge in [0.05, 0.1) is 22.9 Å². The number of nitrogens with zero attached hydrogens (tertiary/aromatic N) is 6. The summed E-state index contributed by atoms with van der Waals surface area (Å²) in [5.74, 6) is -2.91. The number of rotatable bonds is 15. The average Bonchev–Trinajstić information content (AvgIpc) is 3.02. The highest BCUT2D eigenvalue weighted by Gasteiger charge is 2.23. The number of benzene rings is 3. The molecule has 4 aromatic rings. The van der Waals surface area contributed by atoms with Gasteiger partial charge in [0.15, 0.2) is 22.2 Å². The second-order valence-electron chi connectivity index (χ2n) is 9.38. The molecule has 4 rings (SSSR count). The Labute approximate surface area is 289 Å². The molecule has 0 aliphatic heterocycles. The van der Waals surface area contributed by atoms with Crippen molar-refractivity contribution >= 4 is 82.3 Å². The molecule has 0 spiro atoms. The van der Waals surface area contributed by atoms with E-state index in [9.17, 15) is 48.2 Å². The van der Waals surface area contributed by atoms with Crippen LogP contribution in [0.25, 0.3) is 0 Å². The second-order valence-corrected chi connectivity index (χ2v) is 14.8. The predicted octanol–water partition coefficient (Wildman–Crippen LogP) is 4.89. The first-order valence-electron chi connectivity index (χ1n) is 13.0. The van der Waals surface area contributed by atoms with E-state index >= 15 is 0 Å². The van der Waals surface area contributed by atoms with Crippen molar-refractivity contribution in [2.45, 2.75) is 14.7 Å². The van der Waals surface area contributed by atoms with E-state index in [4.69, 9.17) is 11.0 Å². The lowest BCUT2D eigenvalue weighted by Gasteiger charge is -2.09. The smallest absolute Gasteiger partial charge is 0.313 e. The van der Waals surface area contributed by atoms with Crippen molar-refractivity contribution < 1.29 is 67.1 Å². The zero-order chi connectivity index (χ0) is 37.6. The highest BCUT2D eigenvalue weighted by molar-refractivity contribution is 7.91. The van der Waals surface area contributed by atoms with E-state index in [1.54, 1.807) is 0 Å². The van der Waals surface area contributed by atoms with Crippen molar-refractivity contribution in [3.63, 3.8) is 0 Å². The quantitative estimate of drug-likeness (QED) is 0.0107. The SMILES string of the molecule is Nc1cc(O)c(N=Nc2ccc(S(=O)(=O)CCOSOOO)cc2S(=O)(=O)O)cc1N=Nc1cc(Nc2cc(F)nc(F)n2)ccc1S(=O)(=O)O. The maximum absolute atomic E-state index is 13.5. The number of aromatic hydroxyl groups is 1. The van der Waals surface area contributed by atoms with Crippen LogP contribution in [0.2, 0.25) is 0 Å². The van der Waals surface area contributed by atoms with Gasteiger partial charge in [-0.15, -0.1) is 24.8 Å². The third-order valence-corrected chi connectivity index (χ3v) is 9.78. The van der Waals surface area contributed by atoms with Crippen LogP contribution in [-0.2, 0) is 43.6 Å². The van der Waals surface area contributed by atoms with Crippen molar-refractivity contribution in [3.05, 3.63) is 66.6 Å². The number of phenolic OH excluding ortho intramolecular Hbond substituents is 1. The molecule has 27 heteroatoms. The zero-order valence-electron chi connectivity index (χ0n) is 24.7. The van der Waals surface area contributed by atoms with Crippen LogP contribution in [0.1, 0.15) is 0 Å². The molecule has 0 saturated carbocycles. The first-order valence-corrected chi connectivity index (χ1v) is 18.2. The molecule has 0 aliphatic rings. The summed E-state index contributed by atoms with van der Waals surface area (Å²) in [6.45, 7) is -0.500. The first kappa shape index (κ1) is 39.0. The summed E-state index contributed by atoms with van der Waals surface area (Å²) in [6, 6.07) is 8.04. The number of anilines is 3. The highest BCUT2D eigenvalue weighted by atomic mass is 32.2. The minimum atomic E-state index is -5.11. The van der Waals surface area contributed by atoms with Crippen molar-refractivity contribution in [1.29, 1.82) is 0 Å². The van der Waals surface area contributed by atoms with E-state index < -0.39 is 92.0 Å². The Kier molecular flexibility index (Phi) is 12.2. The molecule has 51 heavy (non-hydrogen) atoms. The lowest BCUT2D eigenvalue weighted by atomic mass is 10.2. The van der Waals surface area contributed by atoms with Gasteiger partial charge >= 0.3 is 6.08 Å². The van der Waals surface area contributed by atoms with Crippen LogP contribution in [0.5, 0.6) is 5.75 Å². The predicted molar refractivity (Wildman–Crippen MR) is 169 cm³/mol. The molecular formula is C24H20F2N8O13S4. The summed E-state index contributed by atoms with van der Waals surface area (Å²) in [5.41, 5.74) is 3.80. The third-order valence-electron chi connectivity index (χ3n) is 5.94. The average molecular weight is 795 g/mol. The molecule has 1 heterocycles. The molecule has 0 unspecified atom stereocenters. The normalized spacial score (nSPS) is 12.6. The highest BCUT2D eigenvalue weighted by Crippen LogP contribution is 2.39. The fourth-order valence-corrected chi connectivity index (χ4v) is 6.52. The van der Waals surface area contributed by atoms with Crippen LogP contribution in [0.15, 0.2) is 89.7 Å². The number of sulfone groups is 1. The summed E-state index contributed by atoms with van der Waals surface area (Å²) >= 11 is 0.109. The van der Waals surface area contributed by atoms with E-state index in [1.165, 1.54) is 0 Å². The summed E-state index contributed by atoms with van der Waals surface area (Å²) < 4.78 is 128. The number of phenols is 1. The molecule has 1 aromatic heterocycles. The number of azo groups is 2. The standard InChI is InChI=1S/C24H20F2N8O13S4/c25-22-11-23(30-24(26)29-22)28-12-1-4-20(50(39,40)41)18(7-12)34-32-16-10-17(19(35)9-14(16)27)33-31-15-3-2-13(8-21(15)51(42,43)44)49(37,38)6-5-45-48-47-46-36/h1-4,7-11,35-36H,5-6,27H2,(H,28,29,30)(H,39,40,41)(H,42,43,44). The van der Waals surface area contributed by atoms with Gasteiger partial charge < -0.3 is 16.2 Å². The topological polar surface area (TPSA) is 324 Å². The van der Waals surface area contributed by atoms with Gasteiger partial charge in [0.25, 0.3) is 20.2 Å². The molecule has 3 aromatic carbocycles. The number of nitrogens with one attached hydrogen (secondary N) is 1. The van der Waals surface area contributed by atoms with Crippen molar-refractivity contribution in [3.8, 4) is 5.75 Å². The number of aromatic nitrogens is 2. The molecule has 7 N–H and O–H groups in total. The van der Waals surface area contributed by atoms with Gasteiger partial charge in [-0.2, -0.15) is 35.6 Å². The van der Waals surface area contributed by atoms with Gasteiger partial charge in [0, 0.05) is 17.8 Å². The Morgan fingerprint density at radius 3 is 2.14 bits per heavy atom. The first-order chi connectivity index (χ1) is 23.9. The fraction of sp³-hybridized carbons (Fsp3) is 0.0833. The largest absolute Gasteiger partial charge is 0.506 e. The van der Waals surface area contributed by atoms with E-state index in [-0.39, 0.29) is 35.2 Å². The molecule has 0 atom stereocenters. The van der Waals surface area contributed by atoms with E-state index in [0.29, 0.717) is 6.07 Å². The van der Waals surface area contributed by atoms with E-state index in [1.807, 2.05) is 0 Å². The van der Waals surface area contributed by atoms with Crippen LogP contribution in [-0.4, -0.2) is 67.1 Å². The number of nitrogens with two attached hydrogens (primary N) is 1. The Hall–Kier alpha value is -4.84. The van der Waals surface area contributed by atoms with Gasteiger partial charge in [-0.3, -0.25) is 13.3 Å². The minimum absolute atomic E-state index is 0.0226. The van der Waals surface area contributed by atoms with Crippen LogP contribution >= 0.6 is 12.3 Å². The van der Waals surface area contributed by atoms with Crippen molar-refractivity contribution in [2.75, 3.05) is 23.4 Å². The molecule has 0 bridgehead atoms. The lowest BCUT2D eigenvalue weighted by Crippen LogP contribution is -2.12. The van der Waals surface area contributed by atoms with Crippen molar-refractivity contribution in [1.82, 2.24) is 9.97 Å². The van der Waals surface area contributed by atoms with Gasteiger partial charge in [0.2, 0.25) is 5.95 Å². The Bertz CT molecular complexity index is 2330. The second kappa shape index (κ2) is 16.0. The maximum atomic E-state index is 13.5. The van der Waals surface area contributed by atoms with E-state index in [0.717, 1.165) is 48.5 Å². The molecule has 0 radical (unpaired) electrons. The summed E-state index contributed by atoms with van der Waals surface area (Å²) in [6.07, 6.45) is -1.40. The Morgan fingerprint density at radius 2 is 1.47 bits per heavy atom. The van der Waals surface area contributed by atoms with Crippen molar-refractivity contribution in [2.24, 2.45) is 20.5 Å². The van der Waals surface area contributed by atoms with Crippen LogP contribution in [0.4, 0.5) is 48.7 Å². The van der Waals surface area contributed by atoms with Gasteiger partial charge in [-0.05, 0) is 42.5 Å². The summed E-state index contributed by atoms with van der Waals surface area (Å²) in [5, 5.41) is 39.2. The number of hydrogen-bond donors (Lipinski definition) is 6. The number of nitrogen functional groups attached to an aromatic ring is 1. The Balaban J connectivity index is 1.66. The fourth-order valence-electron chi connectivity index (χ4n) is 3.76. The molecule has 272 valence electrons. The molecule has 21 nitrogen and oxygen atoms in total. The van der Waals surface area contributed by atoms with Crippen LogP contribution in [0, 0.1) is 12.0 Å². The monoisotopic (exact) mass is 794 g/mol. The molecule has 0 fully saturated rings. The summed E-state index contributed by atoms with van der Waals surface area (Å²) in [7, 11) is -14.2. The molecule has 0 saturated heterocycles. The third kappa shape index (κ3) is 10.6. The molecule has 0 amide bonds. The van der Waals surface area contributed by atoms with Gasteiger partial charge in [-0.1, -0.05) is 5.04 Å². The van der Waals surface area contributed by atoms with Crippen LogP contribution in [0.3, 0.4) is 0 Å². The van der Waals surface area contributed by atoms with Gasteiger partial charge in [0.1, 0.15) is 44.1 Å². The molecule has 0 aliphatic carbocycles. The van der Waals surface area contributed by atoms with E-state index in [2.05, 4.69) is 49.3 Å². The number of halogens is 2.